The van der Waals surface area contributed by atoms with E-state index in [9.17, 15) is 9.90 Å². The lowest BCUT2D eigenvalue weighted by atomic mass is 9.98. The van der Waals surface area contributed by atoms with Gasteiger partial charge in [0.25, 0.3) is 9.70 Å². The van der Waals surface area contributed by atoms with Crippen LogP contribution < -0.4 is 5.32 Å². The average molecular weight is 648 g/mol. The van der Waals surface area contributed by atoms with E-state index in [1.165, 1.54) is 0 Å². The van der Waals surface area contributed by atoms with Crippen LogP contribution in [-0.4, -0.2) is 58.7 Å². The molecule has 0 spiro atoms. The minimum absolute atomic E-state index is 0.00879. The van der Waals surface area contributed by atoms with Crippen molar-refractivity contribution in [2.24, 2.45) is 0 Å². The van der Waals surface area contributed by atoms with E-state index in [2.05, 4.69) is 10.2 Å². The molecular weight excluding hydrogens is 611 g/mol. The highest BCUT2D eigenvalue weighted by molar-refractivity contribution is 6.76. The smallest absolute Gasteiger partial charge is 0.272 e. The van der Waals surface area contributed by atoms with Gasteiger partial charge in [0, 0.05) is 38.2 Å². The van der Waals surface area contributed by atoms with Crippen molar-refractivity contribution in [1.82, 2.24) is 10.2 Å². The lowest BCUT2D eigenvalue weighted by Gasteiger charge is -2.38. The van der Waals surface area contributed by atoms with Crippen molar-refractivity contribution >= 4 is 40.7 Å². The van der Waals surface area contributed by atoms with Gasteiger partial charge in [0.1, 0.15) is 0 Å². The van der Waals surface area contributed by atoms with Gasteiger partial charge in [0.05, 0.1) is 25.4 Å². The number of hydrogen-bond donors (Lipinski definition) is 2. The number of alkyl halides is 3. The van der Waals surface area contributed by atoms with Gasteiger partial charge in [-0.15, -0.1) is 0 Å². The van der Waals surface area contributed by atoms with Crippen molar-refractivity contribution in [3.63, 3.8) is 0 Å². The molecule has 3 aromatic rings. The zero-order valence-corrected chi connectivity index (χ0v) is 26.3. The summed E-state index contributed by atoms with van der Waals surface area (Å²) in [6.07, 6.45) is 2.35. The molecule has 2 aliphatic rings. The summed E-state index contributed by atoms with van der Waals surface area (Å²) in [5, 5.41) is 12.1. The van der Waals surface area contributed by atoms with E-state index in [1.54, 1.807) is 7.11 Å². The van der Waals surface area contributed by atoms with E-state index >= 15 is 0 Å². The molecule has 0 unspecified atom stereocenters. The molecule has 2 saturated heterocycles. The third-order valence-electron chi connectivity index (χ3n) is 8.06. The molecule has 2 fully saturated rings. The first-order valence-corrected chi connectivity index (χ1v) is 15.6. The summed E-state index contributed by atoms with van der Waals surface area (Å²) in [6.45, 7) is 2.83. The Labute approximate surface area is 268 Å². The number of aliphatic hydroxyl groups is 1. The molecule has 43 heavy (non-hydrogen) atoms. The van der Waals surface area contributed by atoms with Crippen molar-refractivity contribution in [2.45, 2.75) is 60.7 Å². The quantitative estimate of drug-likeness (QED) is 0.245. The fraction of sp³-hybridized carbons (Fsp3) is 0.424. The van der Waals surface area contributed by atoms with Crippen LogP contribution in [0.5, 0.6) is 0 Å². The standard InChI is InChI=1S/C33H37Cl3N2O5/c1-41-21-28-6-3-15-38(28)19-29-17-30(25-9-7-22(20-39)8-10-25)43-31(42-29)26-13-11-24(12-14-26)27-5-2-4-23(16-27)18-37-32(40)33(34,35)36/h2,4-5,7-14,16,28-31,39H,3,6,15,17-21H2,1H3,(H,37,40)/t28-,29+,30-,31-/m0/s1. The lowest BCUT2D eigenvalue weighted by molar-refractivity contribution is -0.253. The third-order valence-corrected chi connectivity index (χ3v) is 8.58. The summed E-state index contributed by atoms with van der Waals surface area (Å²) in [7, 11) is 1.76. The Kier molecular flexibility index (Phi) is 11.0. The summed E-state index contributed by atoms with van der Waals surface area (Å²) in [5.74, 6) is -0.667. The van der Waals surface area contributed by atoms with Gasteiger partial charge in [0.15, 0.2) is 6.29 Å². The van der Waals surface area contributed by atoms with Crippen molar-refractivity contribution in [1.29, 1.82) is 0 Å². The number of nitrogens with zero attached hydrogens (tertiary/aromatic N) is 1. The molecule has 5 rings (SSSR count). The number of carbonyl (C=O) groups excluding carboxylic acids is 1. The first kappa shape index (κ1) is 32.2. The Morgan fingerprint density at radius 2 is 1.74 bits per heavy atom. The van der Waals surface area contributed by atoms with Gasteiger partial charge < -0.3 is 24.6 Å². The van der Waals surface area contributed by atoms with Crippen molar-refractivity contribution in [3.05, 3.63) is 95.1 Å². The van der Waals surface area contributed by atoms with Crippen LogP contribution in [0, 0.1) is 0 Å². The van der Waals surface area contributed by atoms with E-state index in [4.69, 9.17) is 49.0 Å². The van der Waals surface area contributed by atoms with Gasteiger partial charge in [0.2, 0.25) is 0 Å². The van der Waals surface area contributed by atoms with E-state index < -0.39 is 16.0 Å². The van der Waals surface area contributed by atoms with Crippen LogP contribution in [0.4, 0.5) is 0 Å². The summed E-state index contributed by atoms with van der Waals surface area (Å²) in [4.78, 5) is 14.4. The average Bonchev–Trinajstić information content (AvgIpc) is 3.45. The molecule has 0 aliphatic carbocycles. The number of likely N-dealkylation sites (tertiary alicyclic amines) is 1. The molecule has 230 valence electrons. The maximum Gasteiger partial charge on any atom is 0.272 e. The molecule has 0 bridgehead atoms. The number of aliphatic hydroxyl groups excluding tert-OH is 1. The zero-order chi connectivity index (χ0) is 30.4. The van der Waals surface area contributed by atoms with Gasteiger partial charge >= 0.3 is 0 Å². The molecule has 2 N–H and O–H groups in total. The predicted molar refractivity (Wildman–Crippen MR) is 169 cm³/mol. The normalized spacial score (nSPS) is 22.9. The maximum atomic E-state index is 11.9. The van der Waals surface area contributed by atoms with Gasteiger partial charge in [-0.2, -0.15) is 0 Å². The highest BCUT2D eigenvalue weighted by Gasteiger charge is 2.35. The van der Waals surface area contributed by atoms with Crippen LogP contribution in [0.1, 0.15) is 53.9 Å². The number of rotatable bonds is 10. The van der Waals surface area contributed by atoms with Crippen molar-refractivity contribution < 1.29 is 24.1 Å². The highest BCUT2D eigenvalue weighted by atomic mass is 35.6. The Hall–Kier alpha value is -2.20. The van der Waals surface area contributed by atoms with E-state index in [1.807, 2.05) is 72.8 Å². The fourth-order valence-electron chi connectivity index (χ4n) is 5.79. The highest BCUT2D eigenvalue weighted by Crippen LogP contribution is 2.39. The SMILES string of the molecule is COC[C@@H]1CCCN1C[C@H]1C[C@@H](c2ccc(CO)cc2)O[C@@H](c2ccc(-c3cccc(CNC(=O)C(Cl)(Cl)Cl)c3)cc2)O1. The van der Waals surface area contributed by atoms with E-state index in [0.717, 1.165) is 72.3 Å². The minimum Gasteiger partial charge on any atom is -0.392 e. The van der Waals surface area contributed by atoms with E-state index in [0.29, 0.717) is 6.04 Å². The Balaban J connectivity index is 1.32. The van der Waals surface area contributed by atoms with Gasteiger partial charge in [-0.1, -0.05) is 102 Å². The summed E-state index contributed by atoms with van der Waals surface area (Å²) >= 11 is 17.0. The van der Waals surface area contributed by atoms with Crippen LogP contribution in [0.2, 0.25) is 0 Å². The minimum atomic E-state index is -2.00. The lowest BCUT2D eigenvalue weighted by Crippen LogP contribution is -2.42. The maximum absolute atomic E-state index is 11.9. The molecule has 3 aromatic carbocycles. The molecular formula is C33H37Cl3N2O5. The van der Waals surface area contributed by atoms with Crippen LogP contribution in [0.25, 0.3) is 11.1 Å². The van der Waals surface area contributed by atoms with Crippen molar-refractivity contribution in [3.8, 4) is 11.1 Å². The second kappa shape index (κ2) is 14.7. The summed E-state index contributed by atoms with van der Waals surface area (Å²) in [5.41, 5.74) is 5.77. The topological polar surface area (TPSA) is 80.3 Å². The molecule has 7 nitrogen and oxygen atoms in total. The predicted octanol–water partition coefficient (Wildman–Crippen LogP) is 6.49. The first-order chi connectivity index (χ1) is 20.7. The van der Waals surface area contributed by atoms with Crippen molar-refractivity contribution in [2.75, 3.05) is 26.8 Å². The van der Waals surface area contributed by atoms with Crippen LogP contribution in [0.15, 0.2) is 72.8 Å². The Morgan fingerprint density at radius 1 is 1.00 bits per heavy atom. The number of methoxy groups -OCH3 is 1. The van der Waals surface area contributed by atoms with Gasteiger partial charge in [-0.25, -0.2) is 0 Å². The molecule has 0 aromatic heterocycles. The Bertz CT molecular complexity index is 1350. The number of benzene rings is 3. The monoisotopic (exact) mass is 646 g/mol. The molecule has 4 atom stereocenters. The number of carbonyl (C=O) groups is 1. The second-order valence-corrected chi connectivity index (χ2v) is 13.4. The van der Waals surface area contributed by atoms with Crippen LogP contribution in [0.3, 0.4) is 0 Å². The summed E-state index contributed by atoms with van der Waals surface area (Å²) in [6, 6.07) is 24.4. The largest absolute Gasteiger partial charge is 0.392 e. The first-order valence-electron chi connectivity index (χ1n) is 14.5. The molecule has 0 radical (unpaired) electrons. The summed E-state index contributed by atoms with van der Waals surface area (Å²) < 4.78 is 16.6. The van der Waals surface area contributed by atoms with Gasteiger partial charge in [-0.3, -0.25) is 9.69 Å². The van der Waals surface area contributed by atoms with Crippen LogP contribution in [-0.2, 0) is 32.2 Å². The fourth-order valence-corrected chi connectivity index (χ4v) is 5.99. The number of ether oxygens (including phenoxy) is 3. The van der Waals surface area contributed by atoms with E-state index in [-0.39, 0.29) is 25.4 Å². The molecule has 0 saturated carbocycles. The molecule has 10 heteroatoms. The van der Waals surface area contributed by atoms with Crippen LogP contribution >= 0.6 is 34.8 Å². The Morgan fingerprint density at radius 3 is 2.44 bits per heavy atom. The molecule has 2 aliphatic heterocycles. The number of amides is 1. The number of halogens is 3. The number of nitrogens with one attached hydrogen (secondary N) is 1. The second-order valence-electron chi connectivity index (χ2n) is 11.1. The molecule has 1 amide bonds. The molecule has 2 heterocycles. The third kappa shape index (κ3) is 8.50. The zero-order valence-electron chi connectivity index (χ0n) is 24.1. The van der Waals surface area contributed by atoms with Gasteiger partial charge in [-0.05, 0) is 53.3 Å². The number of hydrogen-bond acceptors (Lipinski definition) is 6.